The summed E-state index contributed by atoms with van der Waals surface area (Å²) in [5.74, 6) is 1.36. The highest BCUT2D eigenvalue weighted by Crippen LogP contribution is 2.28. The van der Waals surface area contributed by atoms with Crippen LogP contribution in [0.1, 0.15) is 42.5 Å². The van der Waals surface area contributed by atoms with E-state index >= 15 is 0 Å². The van der Waals surface area contributed by atoms with E-state index in [0.717, 1.165) is 35.0 Å². The van der Waals surface area contributed by atoms with Crippen LogP contribution in [0.15, 0.2) is 36.4 Å². The van der Waals surface area contributed by atoms with E-state index < -0.39 is 6.10 Å². The van der Waals surface area contributed by atoms with Crippen LogP contribution in [0.3, 0.4) is 0 Å². The number of likely N-dealkylation sites (tertiary alicyclic amines) is 1. The minimum atomic E-state index is -0.597. The molecule has 1 N–H and O–H groups in total. The van der Waals surface area contributed by atoms with E-state index in [0.29, 0.717) is 12.3 Å². The van der Waals surface area contributed by atoms with Crippen LogP contribution in [-0.2, 0) is 4.79 Å². The summed E-state index contributed by atoms with van der Waals surface area (Å²) < 4.78 is 11.2. The van der Waals surface area contributed by atoms with Crippen molar-refractivity contribution >= 4 is 17.5 Å². The van der Waals surface area contributed by atoms with E-state index in [1.807, 2.05) is 38.1 Å². The topological polar surface area (TPSA) is 50.8 Å². The SMILES string of the molecule is COc1ccc([C@H](CNC(=O)[C@H](C)Oc2cc(C)c(Cl)c(C)c2)N2CCCC2)cc1. The molecule has 0 bridgehead atoms. The Bertz CT molecular complexity index is 840. The Morgan fingerprint density at radius 1 is 1.10 bits per heavy atom. The van der Waals surface area contributed by atoms with Crippen molar-refractivity contribution in [2.45, 2.75) is 45.8 Å². The van der Waals surface area contributed by atoms with Crippen LogP contribution in [-0.4, -0.2) is 43.7 Å². The number of nitrogens with one attached hydrogen (secondary N) is 1. The Balaban J connectivity index is 1.64. The van der Waals surface area contributed by atoms with Gasteiger partial charge >= 0.3 is 0 Å². The first kappa shape index (κ1) is 22.4. The smallest absolute Gasteiger partial charge is 0.260 e. The molecule has 1 heterocycles. The summed E-state index contributed by atoms with van der Waals surface area (Å²) in [4.78, 5) is 15.2. The molecule has 0 radical (unpaired) electrons. The van der Waals surface area contributed by atoms with Gasteiger partial charge < -0.3 is 14.8 Å². The summed E-state index contributed by atoms with van der Waals surface area (Å²) in [6.07, 6.45) is 1.78. The molecule has 2 atom stereocenters. The summed E-state index contributed by atoms with van der Waals surface area (Å²) >= 11 is 6.23. The van der Waals surface area contributed by atoms with Gasteiger partial charge in [0, 0.05) is 11.6 Å². The number of ether oxygens (including phenoxy) is 2. The molecule has 1 amide bonds. The van der Waals surface area contributed by atoms with Gasteiger partial charge in [-0.3, -0.25) is 9.69 Å². The lowest BCUT2D eigenvalue weighted by molar-refractivity contribution is -0.127. The first-order chi connectivity index (χ1) is 14.4. The molecule has 2 aromatic carbocycles. The fraction of sp³-hybridized carbons (Fsp3) is 0.458. The predicted molar refractivity (Wildman–Crippen MR) is 121 cm³/mol. The number of carbonyl (C=O) groups is 1. The first-order valence-corrected chi connectivity index (χ1v) is 10.9. The van der Waals surface area contributed by atoms with Crippen LogP contribution in [0.25, 0.3) is 0 Å². The molecule has 0 spiro atoms. The van der Waals surface area contributed by atoms with Crippen LogP contribution in [0.2, 0.25) is 5.02 Å². The fourth-order valence-corrected chi connectivity index (χ4v) is 4.02. The quantitative estimate of drug-likeness (QED) is 0.660. The number of halogens is 1. The number of nitrogens with zero attached hydrogens (tertiary/aromatic N) is 1. The molecule has 2 aromatic rings. The number of hydrogen-bond donors (Lipinski definition) is 1. The molecule has 3 rings (SSSR count). The highest BCUT2D eigenvalue weighted by molar-refractivity contribution is 6.32. The number of hydrogen-bond acceptors (Lipinski definition) is 4. The second-order valence-corrected chi connectivity index (χ2v) is 8.29. The number of rotatable bonds is 8. The van der Waals surface area contributed by atoms with Gasteiger partial charge in [-0.05, 0) is 87.7 Å². The minimum absolute atomic E-state index is 0.127. The van der Waals surface area contributed by atoms with Gasteiger partial charge in [0.15, 0.2) is 6.10 Å². The average Bonchev–Trinajstić information content (AvgIpc) is 3.27. The molecular weight excluding hydrogens is 400 g/mol. The standard InChI is InChI=1S/C24H31ClN2O3/c1-16-13-21(14-17(2)23(16)25)30-18(3)24(28)26-15-22(27-11-5-6-12-27)19-7-9-20(29-4)10-8-19/h7-10,13-14,18,22H,5-6,11-12,15H2,1-4H3,(H,26,28)/t18-,22-/m0/s1. The molecule has 1 aliphatic heterocycles. The summed E-state index contributed by atoms with van der Waals surface area (Å²) in [6, 6.07) is 12.0. The maximum absolute atomic E-state index is 12.7. The second-order valence-electron chi connectivity index (χ2n) is 7.91. The molecule has 0 saturated carbocycles. The summed E-state index contributed by atoms with van der Waals surface area (Å²) in [5, 5.41) is 3.81. The molecule has 6 heteroatoms. The molecule has 1 saturated heterocycles. The second kappa shape index (κ2) is 10.2. The molecule has 30 heavy (non-hydrogen) atoms. The van der Waals surface area contributed by atoms with Gasteiger partial charge in [0.05, 0.1) is 13.2 Å². The predicted octanol–water partition coefficient (Wildman–Crippen LogP) is 4.69. The van der Waals surface area contributed by atoms with Crippen molar-refractivity contribution in [3.8, 4) is 11.5 Å². The van der Waals surface area contributed by atoms with Gasteiger partial charge in [-0.15, -0.1) is 0 Å². The molecule has 0 aromatic heterocycles. The lowest BCUT2D eigenvalue weighted by Crippen LogP contribution is -2.42. The highest BCUT2D eigenvalue weighted by Gasteiger charge is 2.25. The van der Waals surface area contributed by atoms with Crippen molar-refractivity contribution in [1.29, 1.82) is 0 Å². The Hall–Kier alpha value is -2.24. The fourth-order valence-electron chi connectivity index (χ4n) is 3.91. The zero-order chi connectivity index (χ0) is 21.7. The Kier molecular flexibility index (Phi) is 7.62. The Morgan fingerprint density at radius 2 is 1.70 bits per heavy atom. The summed E-state index contributed by atoms with van der Waals surface area (Å²) in [6.45, 7) is 8.26. The third-order valence-corrected chi connectivity index (χ3v) is 6.24. The van der Waals surface area contributed by atoms with Crippen LogP contribution in [0.5, 0.6) is 11.5 Å². The van der Waals surface area contributed by atoms with E-state index in [1.165, 1.54) is 18.4 Å². The van der Waals surface area contributed by atoms with Gasteiger partial charge in [0.1, 0.15) is 11.5 Å². The van der Waals surface area contributed by atoms with E-state index in [4.69, 9.17) is 21.1 Å². The van der Waals surface area contributed by atoms with Crippen molar-refractivity contribution < 1.29 is 14.3 Å². The van der Waals surface area contributed by atoms with Crippen molar-refractivity contribution in [3.63, 3.8) is 0 Å². The first-order valence-electron chi connectivity index (χ1n) is 10.5. The molecule has 0 aliphatic carbocycles. The summed E-state index contributed by atoms with van der Waals surface area (Å²) in [7, 11) is 1.66. The molecule has 1 fully saturated rings. The monoisotopic (exact) mass is 430 g/mol. The number of amides is 1. The van der Waals surface area contributed by atoms with E-state index in [-0.39, 0.29) is 11.9 Å². The van der Waals surface area contributed by atoms with E-state index in [9.17, 15) is 4.79 Å². The van der Waals surface area contributed by atoms with Crippen molar-refractivity contribution in [3.05, 3.63) is 58.1 Å². The number of benzene rings is 2. The van der Waals surface area contributed by atoms with Gasteiger partial charge in [-0.1, -0.05) is 23.7 Å². The number of methoxy groups -OCH3 is 1. The summed E-state index contributed by atoms with van der Waals surface area (Å²) in [5.41, 5.74) is 3.05. The zero-order valence-electron chi connectivity index (χ0n) is 18.2. The van der Waals surface area contributed by atoms with Crippen LogP contribution in [0, 0.1) is 13.8 Å². The van der Waals surface area contributed by atoms with E-state index in [2.05, 4.69) is 22.3 Å². The largest absolute Gasteiger partial charge is 0.497 e. The molecular formula is C24H31ClN2O3. The molecule has 162 valence electrons. The van der Waals surface area contributed by atoms with Crippen molar-refractivity contribution in [2.75, 3.05) is 26.7 Å². The minimum Gasteiger partial charge on any atom is -0.497 e. The van der Waals surface area contributed by atoms with Crippen molar-refractivity contribution in [1.82, 2.24) is 10.2 Å². The zero-order valence-corrected chi connectivity index (χ0v) is 19.0. The molecule has 1 aliphatic rings. The van der Waals surface area contributed by atoms with Crippen LogP contribution < -0.4 is 14.8 Å². The van der Waals surface area contributed by atoms with Crippen molar-refractivity contribution in [2.24, 2.45) is 0 Å². The van der Waals surface area contributed by atoms with Crippen LogP contribution >= 0.6 is 11.6 Å². The number of aryl methyl sites for hydroxylation is 2. The van der Waals surface area contributed by atoms with Crippen LogP contribution in [0.4, 0.5) is 0 Å². The maximum Gasteiger partial charge on any atom is 0.260 e. The Morgan fingerprint density at radius 3 is 2.27 bits per heavy atom. The number of carbonyl (C=O) groups excluding carboxylic acids is 1. The van der Waals surface area contributed by atoms with Gasteiger partial charge in [-0.25, -0.2) is 0 Å². The average molecular weight is 431 g/mol. The molecule has 5 nitrogen and oxygen atoms in total. The lowest BCUT2D eigenvalue weighted by atomic mass is 10.1. The maximum atomic E-state index is 12.7. The lowest BCUT2D eigenvalue weighted by Gasteiger charge is -2.29. The third-order valence-electron chi connectivity index (χ3n) is 5.64. The Labute approximate surface area is 184 Å². The van der Waals surface area contributed by atoms with Gasteiger partial charge in [0.2, 0.25) is 0 Å². The van der Waals surface area contributed by atoms with Gasteiger partial charge in [-0.2, -0.15) is 0 Å². The van der Waals surface area contributed by atoms with Gasteiger partial charge in [0.25, 0.3) is 5.91 Å². The van der Waals surface area contributed by atoms with E-state index in [1.54, 1.807) is 14.0 Å². The normalized spacial score (nSPS) is 16.2. The molecule has 0 unspecified atom stereocenters. The third kappa shape index (κ3) is 5.46. The highest BCUT2D eigenvalue weighted by atomic mass is 35.5.